The van der Waals surface area contributed by atoms with Crippen molar-refractivity contribution >= 4 is 34.7 Å². The van der Waals surface area contributed by atoms with E-state index in [2.05, 4.69) is 9.59 Å². The molecule has 0 aliphatic heterocycles. The number of aromatic nitrogens is 2. The molecule has 1 aromatic heterocycles. The number of rotatable bonds is 3. The van der Waals surface area contributed by atoms with E-state index >= 15 is 0 Å². The van der Waals surface area contributed by atoms with E-state index in [1.165, 1.54) is 12.1 Å². The summed E-state index contributed by atoms with van der Waals surface area (Å²) in [5, 5.41) is 3.94. The van der Waals surface area contributed by atoms with Crippen molar-refractivity contribution < 1.29 is 9.13 Å². The van der Waals surface area contributed by atoms with Gasteiger partial charge in [0.1, 0.15) is 16.6 Å². The van der Waals surface area contributed by atoms with Crippen LogP contribution in [0.1, 0.15) is 5.69 Å². The molecule has 0 fully saturated rings. The molecular formula is C9H5Cl2FN2OS. The molecule has 0 radical (unpaired) electrons. The molecule has 0 aliphatic rings. The van der Waals surface area contributed by atoms with Gasteiger partial charge in [-0.25, -0.2) is 4.39 Å². The maximum Gasteiger partial charge on any atom is 0.174 e. The van der Waals surface area contributed by atoms with Gasteiger partial charge in [-0.1, -0.05) is 33.8 Å². The summed E-state index contributed by atoms with van der Waals surface area (Å²) in [4.78, 5) is 0. The highest BCUT2D eigenvalue weighted by Gasteiger charge is 2.11. The molecule has 0 spiro atoms. The average molecular weight is 279 g/mol. The first-order valence-electron chi connectivity index (χ1n) is 4.22. The molecule has 0 atom stereocenters. The highest BCUT2D eigenvalue weighted by Crippen LogP contribution is 2.28. The fourth-order valence-electron chi connectivity index (χ4n) is 1.04. The van der Waals surface area contributed by atoms with Crippen LogP contribution in [0.2, 0.25) is 9.36 Å². The van der Waals surface area contributed by atoms with E-state index in [0.29, 0.717) is 10.0 Å². The third kappa shape index (κ3) is 2.42. The van der Waals surface area contributed by atoms with Gasteiger partial charge < -0.3 is 4.74 Å². The molecule has 0 saturated carbocycles. The molecule has 84 valence electrons. The Labute approximate surface area is 105 Å². The van der Waals surface area contributed by atoms with Crippen LogP contribution in [0, 0.1) is 5.82 Å². The van der Waals surface area contributed by atoms with Crippen molar-refractivity contribution in [1.29, 1.82) is 0 Å². The topological polar surface area (TPSA) is 35.0 Å². The number of hydrogen-bond donors (Lipinski definition) is 0. The number of nitrogens with zero attached hydrogens (tertiary/aromatic N) is 2. The second-order valence-electron chi connectivity index (χ2n) is 2.83. The van der Waals surface area contributed by atoms with Crippen LogP contribution in [-0.2, 0) is 6.61 Å². The number of halogens is 3. The van der Waals surface area contributed by atoms with Crippen LogP contribution < -0.4 is 4.74 Å². The van der Waals surface area contributed by atoms with Crippen LogP contribution in [0.5, 0.6) is 5.75 Å². The van der Waals surface area contributed by atoms with Crippen LogP contribution in [0.25, 0.3) is 0 Å². The predicted molar refractivity (Wildman–Crippen MR) is 60.7 cm³/mol. The monoisotopic (exact) mass is 278 g/mol. The standard InChI is InChI=1S/C9H5Cl2FN2OS/c10-5-2-1-3-6(12)8(5)15-4-7-9(11)16-14-13-7/h1-3H,4H2. The Kier molecular flexibility index (Phi) is 3.58. The molecule has 0 N–H and O–H groups in total. The maximum atomic E-state index is 13.3. The summed E-state index contributed by atoms with van der Waals surface area (Å²) in [6.07, 6.45) is 0. The van der Waals surface area contributed by atoms with Gasteiger partial charge in [0.05, 0.1) is 5.02 Å². The van der Waals surface area contributed by atoms with Crippen molar-refractivity contribution in [1.82, 2.24) is 9.59 Å². The third-order valence-electron chi connectivity index (χ3n) is 1.78. The lowest BCUT2D eigenvalue weighted by atomic mass is 10.3. The summed E-state index contributed by atoms with van der Waals surface area (Å²) in [6, 6.07) is 4.31. The second kappa shape index (κ2) is 4.95. The van der Waals surface area contributed by atoms with Gasteiger partial charge in [0.25, 0.3) is 0 Å². The van der Waals surface area contributed by atoms with Crippen molar-refractivity contribution in [3.05, 3.63) is 39.1 Å². The number of ether oxygens (including phenoxy) is 1. The van der Waals surface area contributed by atoms with Crippen molar-refractivity contribution in [2.24, 2.45) is 0 Å². The quantitative estimate of drug-likeness (QED) is 0.861. The molecule has 1 aromatic carbocycles. The molecule has 2 aromatic rings. The molecular weight excluding hydrogens is 274 g/mol. The SMILES string of the molecule is Fc1cccc(Cl)c1OCc1nnsc1Cl. The van der Waals surface area contributed by atoms with E-state index in [0.717, 1.165) is 11.5 Å². The lowest BCUT2D eigenvalue weighted by Gasteiger charge is -2.06. The van der Waals surface area contributed by atoms with Crippen LogP contribution in [0.3, 0.4) is 0 Å². The van der Waals surface area contributed by atoms with Gasteiger partial charge in [-0.3, -0.25) is 0 Å². The van der Waals surface area contributed by atoms with Crippen molar-refractivity contribution in [3.8, 4) is 5.75 Å². The fraction of sp³-hybridized carbons (Fsp3) is 0.111. The van der Waals surface area contributed by atoms with Crippen molar-refractivity contribution in [2.45, 2.75) is 6.61 Å². The summed E-state index contributed by atoms with van der Waals surface area (Å²) < 4.78 is 22.6. The van der Waals surface area contributed by atoms with Crippen LogP contribution in [0.15, 0.2) is 18.2 Å². The van der Waals surface area contributed by atoms with Crippen LogP contribution in [-0.4, -0.2) is 9.59 Å². The smallest absolute Gasteiger partial charge is 0.174 e. The lowest BCUT2D eigenvalue weighted by Crippen LogP contribution is -1.99. The molecule has 16 heavy (non-hydrogen) atoms. The highest BCUT2D eigenvalue weighted by atomic mass is 35.5. The van der Waals surface area contributed by atoms with Crippen LogP contribution >= 0.6 is 34.7 Å². The van der Waals surface area contributed by atoms with E-state index in [1.54, 1.807) is 6.07 Å². The molecule has 2 rings (SSSR count). The molecule has 7 heteroatoms. The molecule has 3 nitrogen and oxygen atoms in total. The van der Waals surface area contributed by atoms with E-state index in [1.807, 2.05) is 0 Å². The summed E-state index contributed by atoms with van der Waals surface area (Å²) in [5.41, 5.74) is 0.464. The Morgan fingerprint density at radius 3 is 2.81 bits per heavy atom. The number of benzene rings is 1. The zero-order chi connectivity index (χ0) is 11.5. The van der Waals surface area contributed by atoms with Gasteiger partial charge >= 0.3 is 0 Å². The zero-order valence-electron chi connectivity index (χ0n) is 7.78. The van der Waals surface area contributed by atoms with Gasteiger partial charge in [-0.05, 0) is 12.1 Å². The van der Waals surface area contributed by atoms with Gasteiger partial charge in [0, 0.05) is 11.5 Å². The second-order valence-corrected chi connectivity index (χ2v) is 4.60. The average Bonchev–Trinajstić information content (AvgIpc) is 2.64. The minimum atomic E-state index is -0.521. The summed E-state index contributed by atoms with van der Waals surface area (Å²) >= 11 is 12.6. The molecule has 0 amide bonds. The Morgan fingerprint density at radius 2 is 2.19 bits per heavy atom. The maximum absolute atomic E-state index is 13.3. The number of hydrogen-bond acceptors (Lipinski definition) is 4. The first-order chi connectivity index (χ1) is 7.68. The molecule has 1 heterocycles. The van der Waals surface area contributed by atoms with Gasteiger partial charge in [-0.2, -0.15) is 0 Å². The minimum absolute atomic E-state index is 0.00627. The first kappa shape index (κ1) is 11.6. The zero-order valence-corrected chi connectivity index (χ0v) is 10.1. The first-order valence-corrected chi connectivity index (χ1v) is 5.75. The highest BCUT2D eigenvalue weighted by molar-refractivity contribution is 7.10. The van der Waals surface area contributed by atoms with E-state index in [4.69, 9.17) is 27.9 Å². The minimum Gasteiger partial charge on any atom is -0.482 e. The van der Waals surface area contributed by atoms with Crippen molar-refractivity contribution in [2.75, 3.05) is 0 Å². The predicted octanol–water partition coefficient (Wildman–Crippen LogP) is 3.56. The normalized spacial score (nSPS) is 10.4. The third-order valence-corrected chi connectivity index (χ3v) is 3.06. The summed E-state index contributed by atoms with van der Waals surface area (Å²) in [5.74, 6) is -0.528. The van der Waals surface area contributed by atoms with Gasteiger partial charge in [-0.15, -0.1) is 5.10 Å². The molecule has 0 unspecified atom stereocenters. The van der Waals surface area contributed by atoms with Crippen LogP contribution in [0.4, 0.5) is 4.39 Å². The Balaban J connectivity index is 2.14. The van der Waals surface area contributed by atoms with E-state index in [-0.39, 0.29) is 17.4 Å². The Bertz CT molecular complexity index is 486. The fourth-order valence-corrected chi connectivity index (χ4v) is 1.86. The van der Waals surface area contributed by atoms with Gasteiger partial charge in [0.2, 0.25) is 0 Å². The molecule has 0 saturated heterocycles. The number of para-hydroxylation sites is 1. The summed E-state index contributed by atoms with van der Waals surface area (Å²) in [7, 11) is 0. The van der Waals surface area contributed by atoms with Gasteiger partial charge in [0.15, 0.2) is 11.6 Å². The molecule has 0 bridgehead atoms. The van der Waals surface area contributed by atoms with E-state index in [9.17, 15) is 4.39 Å². The molecule has 0 aliphatic carbocycles. The van der Waals surface area contributed by atoms with E-state index < -0.39 is 5.82 Å². The summed E-state index contributed by atoms with van der Waals surface area (Å²) in [6.45, 7) is 0.0377. The lowest BCUT2D eigenvalue weighted by molar-refractivity contribution is 0.286. The largest absolute Gasteiger partial charge is 0.482 e. The Morgan fingerprint density at radius 1 is 1.38 bits per heavy atom. The Hall–Kier alpha value is -0.910. The van der Waals surface area contributed by atoms with Crippen molar-refractivity contribution in [3.63, 3.8) is 0 Å².